The molecule has 0 saturated heterocycles. The van der Waals surface area contributed by atoms with E-state index in [0.717, 1.165) is 27.6 Å². The smallest absolute Gasteiger partial charge is 0.127 e. The molecule has 0 spiro atoms. The SMILES string of the molecule is CC(C)c1ccc(-c2ccc3cn(C)nc3c2)cc1F. The van der Waals surface area contributed by atoms with Crippen molar-refractivity contribution in [3.05, 3.63) is 54.0 Å². The van der Waals surface area contributed by atoms with E-state index in [9.17, 15) is 4.39 Å². The van der Waals surface area contributed by atoms with Crippen LogP contribution in [0.3, 0.4) is 0 Å². The first kappa shape index (κ1) is 12.9. The van der Waals surface area contributed by atoms with Crippen LogP contribution >= 0.6 is 0 Å². The summed E-state index contributed by atoms with van der Waals surface area (Å²) < 4.78 is 15.9. The Morgan fingerprint density at radius 3 is 2.45 bits per heavy atom. The van der Waals surface area contributed by atoms with Crippen molar-refractivity contribution in [1.29, 1.82) is 0 Å². The average Bonchev–Trinajstić information content (AvgIpc) is 2.77. The summed E-state index contributed by atoms with van der Waals surface area (Å²) >= 11 is 0. The van der Waals surface area contributed by atoms with Gasteiger partial charge in [0.1, 0.15) is 5.82 Å². The first-order valence-corrected chi connectivity index (χ1v) is 6.78. The molecule has 0 aliphatic rings. The number of aryl methyl sites for hydroxylation is 1. The van der Waals surface area contributed by atoms with Crippen LogP contribution in [-0.4, -0.2) is 9.78 Å². The van der Waals surface area contributed by atoms with Crippen molar-refractivity contribution >= 4 is 10.9 Å². The Morgan fingerprint density at radius 1 is 1.05 bits per heavy atom. The van der Waals surface area contributed by atoms with Crippen LogP contribution in [0, 0.1) is 5.82 Å². The van der Waals surface area contributed by atoms with Crippen molar-refractivity contribution in [2.45, 2.75) is 19.8 Å². The summed E-state index contributed by atoms with van der Waals surface area (Å²) in [5, 5.41) is 5.48. The van der Waals surface area contributed by atoms with Crippen LogP contribution in [0.1, 0.15) is 25.3 Å². The molecule has 0 saturated carbocycles. The minimum Gasteiger partial charge on any atom is -0.275 e. The van der Waals surface area contributed by atoms with Crippen LogP contribution in [0.2, 0.25) is 0 Å². The molecular formula is C17H17FN2. The summed E-state index contributed by atoms with van der Waals surface area (Å²) in [7, 11) is 1.90. The average molecular weight is 268 g/mol. The maximum atomic E-state index is 14.1. The fourth-order valence-electron chi connectivity index (χ4n) is 2.49. The number of hydrogen-bond acceptors (Lipinski definition) is 1. The number of rotatable bonds is 2. The standard InChI is InChI=1S/C17H17FN2/c1-11(2)15-7-6-12(8-16(15)18)13-4-5-14-10-20(3)19-17(14)9-13/h4-11H,1-3H3. The predicted molar refractivity (Wildman–Crippen MR) is 80.2 cm³/mol. The van der Waals surface area contributed by atoms with E-state index in [1.54, 1.807) is 10.7 Å². The van der Waals surface area contributed by atoms with Crippen LogP contribution in [0.5, 0.6) is 0 Å². The summed E-state index contributed by atoms with van der Waals surface area (Å²) in [6.45, 7) is 4.00. The lowest BCUT2D eigenvalue weighted by Gasteiger charge is -2.09. The number of hydrogen-bond donors (Lipinski definition) is 0. The fourth-order valence-corrected chi connectivity index (χ4v) is 2.49. The molecule has 2 nitrogen and oxygen atoms in total. The van der Waals surface area contributed by atoms with Crippen molar-refractivity contribution in [1.82, 2.24) is 9.78 Å². The molecule has 0 fully saturated rings. The molecule has 3 aromatic rings. The van der Waals surface area contributed by atoms with Crippen molar-refractivity contribution in [2.75, 3.05) is 0 Å². The highest BCUT2D eigenvalue weighted by molar-refractivity contribution is 5.83. The topological polar surface area (TPSA) is 17.8 Å². The summed E-state index contributed by atoms with van der Waals surface area (Å²) in [4.78, 5) is 0. The molecule has 102 valence electrons. The molecule has 0 aliphatic carbocycles. The largest absolute Gasteiger partial charge is 0.275 e. The van der Waals surface area contributed by atoms with E-state index >= 15 is 0 Å². The molecule has 2 aromatic carbocycles. The molecule has 3 heteroatoms. The first-order valence-electron chi connectivity index (χ1n) is 6.78. The number of fused-ring (bicyclic) bond motifs is 1. The minimum atomic E-state index is -0.140. The van der Waals surface area contributed by atoms with Crippen LogP contribution in [0.25, 0.3) is 22.0 Å². The van der Waals surface area contributed by atoms with E-state index in [1.807, 2.05) is 57.4 Å². The molecule has 0 radical (unpaired) electrons. The van der Waals surface area contributed by atoms with Crippen LogP contribution < -0.4 is 0 Å². The number of halogens is 1. The van der Waals surface area contributed by atoms with Gasteiger partial charge in [-0.25, -0.2) is 4.39 Å². The molecular weight excluding hydrogens is 251 g/mol. The van der Waals surface area contributed by atoms with Gasteiger partial charge in [-0.05, 0) is 34.7 Å². The first-order chi connectivity index (χ1) is 9.54. The Hall–Kier alpha value is -2.16. The van der Waals surface area contributed by atoms with E-state index in [1.165, 1.54) is 0 Å². The molecule has 20 heavy (non-hydrogen) atoms. The van der Waals surface area contributed by atoms with E-state index in [0.29, 0.717) is 0 Å². The summed E-state index contributed by atoms with van der Waals surface area (Å²) in [5.74, 6) is 0.0564. The lowest BCUT2D eigenvalue weighted by atomic mass is 9.97. The molecule has 0 aliphatic heterocycles. The Balaban J connectivity index is 2.08. The van der Waals surface area contributed by atoms with Gasteiger partial charge < -0.3 is 0 Å². The monoisotopic (exact) mass is 268 g/mol. The van der Waals surface area contributed by atoms with E-state index in [4.69, 9.17) is 0 Å². The number of benzene rings is 2. The summed E-state index contributed by atoms with van der Waals surface area (Å²) in [5.41, 5.74) is 3.57. The van der Waals surface area contributed by atoms with Gasteiger partial charge in [0.25, 0.3) is 0 Å². The zero-order valence-electron chi connectivity index (χ0n) is 11.9. The Bertz CT molecular complexity index is 772. The van der Waals surface area contributed by atoms with Gasteiger partial charge in [-0.3, -0.25) is 4.68 Å². The van der Waals surface area contributed by atoms with E-state index in [2.05, 4.69) is 5.10 Å². The fraction of sp³-hybridized carbons (Fsp3) is 0.235. The second kappa shape index (κ2) is 4.75. The number of nitrogens with zero attached hydrogens (tertiary/aromatic N) is 2. The molecule has 0 amide bonds. The second-order valence-electron chi connectivity index (χ2n) is 5.47. The predicted octanol–water partition coefficient (Wildman–Crippen LogP) is 4.50. The maximum absolute atomic E-state index is 14.1. The minimum absolute atomic E-state index is 0.140. The molecule has 0 unspecified atom stereocenters. The second-order valence-corrected chi connectivity index (χ2v) is 5.47. The van der Waals surface area contributed by atoms with Crippen LogP contribution in [0.15, 0.2) is 42.6 Å². The van der Waals surface area contributed by atoms with Gasteiger partial charge in [0.2, 0.25) is 0 Å². The van der Waals surface area contributed by atoms with Gasteiger partial charge >= 0.3 is 0 Å². The number of aromatic nitrogens is 2. The van der Waals surface area contributed by atoms with Crippen LogP contribution in [0.4, 0.5) is 4.39 Å². The molecule has 0 bridgehead atoms. The highest BCUT2D eigenvalue weighted by atomic mass is 19.1. The Kier molecular flexibility index (Phi) is 3.05. The van der Waals surface area contributed by atoms with Gasteiger partial charge in [0, 0.05) is 18.6 Å². The normalized spacial score (nSPS) is 11.4. The highest BCUT2D eigenvalue weighted by Crippen LogP contribution is 2.27. The van der Waals surface area contributed by atoms with Crippen molar-refractivity contribution in [3.63, 3.8) is 0 Å². The Morgan fingerprint density at radius 2 is 1.75 bits per heavy atom. The summed E-state index contributed by atoms with van der Waals surface area (Å²) in [6, 6.07) is 11.5. The van der Waals surface area contributed by atoms with Gasteiger partial charge in [-0.1, -0.05) is 38.1 Å². The quantitative estimate of drug-likeness (QED) is 0.669. The zero-order chi connectivity index (χ0) is 14.3. The highest BCUT2D eigenvalue weighted by Gasteiger charge is 2.09. The molecule has 1 heterocycles. The van der Waals surface area contributed by atoms with Gasteiger partial charge in [-0.2, -0.15) is 5.10 Å². The molecule has 3 rings (SSSR count). The third-order valence-electron chi connectivity index (χ3n) is 3.58. The third kappa shape index (κ3) is 2.20. The molecule has 0 N–H and O–H groups in total. The van der Waals surface area contributed by atoms with E-state index in [-0.39, 0.29) is 11.7 Å². The van der Waals surface area contributed by atoms with Crippen LogP contribution in [-0.2, 0) is 7.05 Å². The maximum Gasteiger partial charge on any atom is 0.127 e. The van der Waals surface area contributed by atoms with Gasteiger partial charge in [-0.15, -0.1) is 0 Å². The lowest BCUT2D eigenvalue weighted by Crippen LogP contribution is -1.93. The van der Waals surface area contributed by atoms with Crippen molar-refractivity contribution in [2.24, 2.45) is 7.05 Å². The molecule has 1 aromatic heterocycles. The lowest BCUT2D eigenvalue weighted by molar-refractivity contribution is 0.599. The summed E-state index contributed by atoms with van der Waals surface area (Å²) in [6.07, 6.45) is 1.97. The third-order valence-corrected chi connectivity index (χ3v) is 3.58. The molecule has 0 atom stereocenters. The van der Waals surface area contributed by atoms with Gasteiger partial charge in [0.05, 0.1) is 5.52 Å². The van der Waals surface area contributed by atoms with Crippen molar-refractivity contribution < 1.29 is 4.39 Å². The van der Waals surface area contributed by atoms with E-state index < -0.39 is 0 Å². The Labute approximate surface area is 117 Å². The van der Waals surface area contributed by atoms with Gasteiger partial charge in [0.15, 0.2) is 0 Å². The zero-order valence-corrected chi connectivity index (χ0v) is 11.9. The van der Waals surface area contributed by atoms with Crippen molar-refractivity contribution in [3.8, 4) is 11.1 Å².